The van der Waals surface area contributed by atoms with E-state index in [2.05, 4.69) is 10.6 Å². The highest BCUT2D eigenvalue weighted by molar-refractivity contribution is 5.74. The first kappa shape index (κ1) is 13.3. The molecule has 0 saturated heterocycles. The molecule has 0 aliphatic rings. The highest BCUT2D eigenvalue weighted by atomic mass is 16.5. The van der Waals surface area contributed by atoms with Crippen molar-refractivity contribution in [2.75, 3.05) is 21.0 Å². The standard InChI is InChI=1S/C12H18N2O3/c1-9(14-12(15)13-8-16-2)10-4-6-11(17-3)7-5-10/h4-7,9H,8H2,1-3H3,(H2,13,14,15). The van der Waals surface area contributed by atoms with Crippen LogP contribution < -0.4 is 15.4 Å². The number of hydrogen-bond donors (Lipinski definition) is 2. The molecular formula is C12H18N2O3. The molecule has 2 N–H and O–H groups in total. The van der Waals surface area contributed by atoms with E-state index in [1.54, 1.807) is 7.11 Å². The van der Waals surface area contributed by atoms with Gasteiger partial charge in [0, 0.05) is 7.11 Å². The summed E-state index contributed by atoms with van der Waals surface area (Å²) in [6, 6.07) is 7.23. The third-order valence-corrected chi connectivity index (χ3v) is 2.34. The van der Waals surface area contributed by atoms with E-state index in [1.807, 2.05) is 31.2 Å². The third kappa shape index (κ3) is 4.32. The van der Waals surface area contributed by atoms with Gasteiger partial charge in [-0.05, 0) is 24.6 Å². The summed E-state index contributed by atoms with van der Waals surface area (Å²) in [5.41, 5.74) is 1.01. The fourth-order valence-corrected chi connectivity index (χ4v) is 1.36. The largest absolute Gasteiger partial charge is 0.497 e. The Balaban J connectivity index is 2.51. The van der Waals surface area contributed by atoms with E-state index in [-0.39, 0.29) is 18.8 Å². The average molecular weight is 238 g/mol. The molecule has 94 valence electrons. The van der Waals surface area contributed by atoms with Crippen molar-refractivity contribution in [3.05, 3.63) is 29.8 Å². The second-order valence-electron chi connectivity index (χ2n) is 3.58. The SMILES string of the molecule is COCNC(=O)NC(C)c1ccc(OC)cc1. The number of carbonyl (C=O) groups is 1. The molecule has 5 nitrogen and oxygen atoms in total. The summed E-state index contributed by atoms with van der Waals surface area (Å²) in [6.45, 7) is 2.11. The van der Waals surface area contributed by atoms with Crippen molar-refractivity contribution < 1.29 is 14.3 Å². The van der Waals surface area contributed by atoms with Crippen LogP contribution in [0.3, 0.4) is 0 Å². The van der Waals surface area contributed by atoms with Gasteiger partial charge in [0.2, 0.25) is 0 Å². The van der Waals surface area contributed by atoms with Crippen molar-refractivity contribution in [3.8, 4) is 5.75 Å². The Bertz CT molecular complexity index is 351. The van der Waals surface area contributed by atoms with Gasteiger partial charge >= 0.3 is 6.03 Å². The Morgan fingerprint density at radius 1 is 1.29 bits per heavy atom. The van der Waals surface area contributed by atoms with Gasteiger partial charge in [0.1, 0.15) is 12.5 Å². The van der Waals surface area contributed by atoms with Gasteiger partial charge in [0.05, 0.1) is 13.2 Å². The average Bonchev–Trinajstić information content (AvgIpc) is 2.36. The number of amides is 2. The minimum Gasteiger partial charge on any atom is -0.497 e. The normalized spacial score (nSPS) is 11.7. The zero-order valence-electron chi connectivity index (χ0n) is 10.3. The summed E-state index contributed by atoms with van der Waals surface area (Å²) < 4.78 is 9.81. The Labute approximate surface area is 101 Å². The van der Waals surface area contributed by atoms with Crippen LogP contribution in [0.5, 0.6) is 5.75 Å². The zero-order chi connectivity index (χ0) is 12.7. The number of nitrogens with one attached hydrogen (secondary N) is 2. The second-order valence-corrected chi connectivity index (χ2v) is 3.58. The fraction of sp³-hybridized carbons (Fsp3) is 0.417. The van der Waals surface area contributed by atoms with Crippen LogP contribution >= 0.6 is 0 Å². The maximum absolute atomic E-state index is 11.4. The van der Waals surface area contributed by atoms with E-state index in [0.29, 0.717) is 0 Å². The predicted molar refractivity (Wildman–Crippen MR) is 65.0 cm³/mol. The fourth-order valence-electron chi connectivity index (χ4n) is 1.36. The lowest BCUT2D eigenvalue weighted by molar-refractivity contribution is 0.171. The van der Waals surface area contributed by atoms with Crippen LogP contribution in [0.1, 0.15) is 18.5 Å². The molecule has 0 spiro atoms. The molecule has 0 radical (unpaired) electrons. The molecule has 0 aliphatic heterocycles. The zero-order valence-corrected chi connectivity index (χ0v) is 10.3. The molecule has 1 rings (SSSR count). The Hall–Kier alpha value is -1.75. The molecule has 0 saturated carbocycles. The van der Waals surface area contributed by atoms with Gasteiger partial charge in [0.15, 0.2) is 0 Å². The van der Waals surface area contributed by atoms with E-state index in [0.717, 1.165) is 11.3 Å². The monoisotopic (exact) mass is 238 g/mol. The number of hydrogen-bond acceptors (Lipinski definition) is 3. The van der Waals surface area contributed by atoms with E-state index in [9.17, 15) is 4.79 Å². The molecule has 0 aromatic heterocycles. The molecule has 1 aromatic rings. The van der Waals surface area contributed by atoms with Crippen LogP contribution in [0.2, 0.25) is 0 Å². The van der Waals surface area contributed by atoms with E-state index >= 15 is 0 Å². The summed E-state index contributed by atoms with van der Waals surface area (Å²) in [5.74, 6) is 0.796. The van der Waals surface area contributed by atoms with Crippen molar-refractivity contribution in [2.45, 2.75) is 13.0 Å². The lowest BCUT2D eigenvalue weighted by Gasteiger charge is -2.15. The van der Waals surface area contributed by atoms with E-state index in [1.165, 1.54) is 7.11 Å². The summed E-state index contributed by atoms with van der Waals surface area (Å²) in [5, 5.41) is 5.36. The number of benzene rings is 1. The van der Waals surface area contributed by atoms with E-state index < -0.39 is 0 Å². The van der Waals surface area contributed by atoms with Gasteiger partial charge < -0.3 is 20.1 Å². The quantitative estimate of drug-likeness (QED) is 0.767. The minimum absolute atomic E-state index is 0.0715. The predicted octanol–water partition coefficient (Wildman–Crippen LogP) is 1.66. The van der Waals surface area contributed by atoms with Gasteiger partial charge in [-0.2, -0.15) is 0 Å². The van der Waals surface area contributed by atoms with Crippen molar-refractivity contribution in [3.63, 3.8) is 0 Å². The number of carbonyl (C=O) groups excluding carboxylic acids is 1. The van der Waals surface area contributed by atoms with Gasteiger partial charge in [-0.15, -0.1) is 0 Å². The molecule has 1 aromatic carbocycles. The van der Waals surface area contributed by atoms with Crippen LogP contribution in [0, 0.1) is 0 Å². The molecule has 5 heteroatoms. The first-order valence-electron chi connectivity index (χ1n) is 5.34. The summed E-state index contributed by atoms with van der Waals surface area (Å²) in [7, 11) is 3.14. The van der Waals surface area contributed by atoms with Crippen molar-refractivity contribution in [1.29, 1.82) is 0 Å². The number of ether oxygens (including phenoxy) is 2. The molecule has 0 bridgehead atoms. The van der Waals surface area contributed by atoms with Crippen molar-refractivity contribution in [2.24, 2.45) is 0 Å². The molecule has 0 aliphatic carbocycles. The highest BCUT2D eigenvalue weighted by Gasteiger charge is 2.08. The molecule has 1 unspecified atom stereocenters. The third-order valence-electron chi connectivity index (χ3n) is 2.34. The molecule has 17 heavy (non-hydrogen) atoms. The Morgan fingerprint density at radius 2 is 1.94 bits per heavy atom. The maximum Gasteiger partial charge on any atom is 0.317 e. The lowest BCUT2D eigenvalue weighted by atomic mass is 10.1. The van der Waals surface area contributed by atoms with Gasteiger partial charge in [0.25, 0.3) is 0 Å². The van der Waals surface area contributed by atoms with Crippen LogP contribution in [-0.2, 0) is 4.74 Å². The van der Waals surface area contributed by atoms with Gasteiger partial charge in [-0.25, -0.2) is 4.79 Å². The first-order chi connectivity index (χ1) is 8.17. The van der Waals surface area contributed by atoms with E-state index in [4.69, 9.17) is 9.47 Å². The Morgan fingerprint density at radius 3 is 2.47 bits per heavy atom. The van der Waals surface area contributed by atoms with Crippen molar-refractivity contribution in [1.82, 2.24) is 10.6 Å². The second kappa shape index (κ2) is 6.75. The van der Waals surface area contributed by atoms with Crippen LogP contribution in [0.25, 0.3) is 0 Å². The summed E-state index contributed by atoms with van der Waals surface area (Å²) in [4.78, 5) is 11.4. The summed E-state index contributed by atoms with van der Waals surface area (Å²) >= 11 is 0. The summed E-state index contributed by atoms with van der Waals surface area (Å²) in [6.07, 6.45) is 0. The van der Waals surface area contributed by atoms with Gasteiger partial charge in [-0.1, -0.05) is 12.1 Å². The number of methoxy groups -OCH3 is 2. The molecule has 0 heterocycles. The first-order valence-corrected chi connectivity index (χ1v) is 5.34. The molecule has 1 atom stereocenters. The Kier molecular flexibility index (Phi) is 5.29. The molecular weight excluding hydrogens is 220 g/mol. The van der Waals surface area contributed by atoms with Crippen LogP contribution in [0.15, 0.2) is 24.3 Å². The van der Waals surface area contributed by atoms with Crippen LogP contribution in [-0.4, -0.2) is 27.0 Å². The van der Waals surface area contributed by atoms with Gasteiger partial charge in [-0.3, -0.25) is 0 Å². The minimum atomic E-state index is -0.254. The highest BCUT2D eigenvalue weighted by Crippen LogP contribution is 2.16. The molecule has 0 fully saturated rings. The molecule has 2 amide bonds. The smallest absolute Gasteiger partial charge is 0.317 e. The number of urea groups is 1. The maximum atomic E-state index is 11.4. The van der Waals surface area contributed by atoms with Crippen LogP contribution in [0.4, 0.5) is 4.79 Å². The lowest BCUT2D eigenvalue weighted by Crippen LogP contribution is -2.37. The number of rotatable bonds is 5. The topological polar surface area (TPSA) is 59.6 Å². The van der Waals surface area contributed by atoms with Crippen molar-refractivity contribution >= 4 is 6.03 Å².